The second kappa shape index (κ2) is 6.81. The Hall–Kier alpha value is -1.72. The molecule has 0 radical (unpaired) electrons. The van der Waals surface area contributed by atoms with E-state index < -0.39 is 9.84 Å². The van der Waals surface area contributed by atoms with Crippen LogP contribution < -0.4 is 0 Å². The molecule has 23 heavy (non-hydrogen) atoms. The average molecular weight is 330 g/mol. The molecule has 1 aliphatic rings. The van der Waals surface area contributed by atoms with E-state index in [1.54, 1.807) is 6.20 Å². The monoisotopic (exact) mass is 330 g/mol. The third-order valence-electron chi connectivity index (χ3n) is 4.44. The SMILES string of the molecule is CCN(Cc1cccc(-c2cccnc2)c1)[C@H]1CCS(=O)(=O)C1. The highest BCUT2D eigenvalue weighted by Crippen LogP contribution is 2.23. The largest absolute Gasteiger partial charge is 0.295 e. The van der Waals surface area contributed by atoms with Crippen molar-refractivity contribution in [2.45, 2.75) is 25.9 Å². The van der Waals surface area contributed by atoms with Gasteiger partial charge >= 0.3 is 0 Å². The van der Waals surface area contributed by atoms with Gasteiger partial charge in [0.05, 0.1) is 11.5 Å². The predicted molar refractivity (Wildman–Crippen MR) is 92.8 cm³/mol. The van der Waals surface area contributed by atoms with E-state index in [1.807, 2.05) is 18.3 Å². The summed E-state index contributed by atoms with van der Waals surface area (Å²) in [4.78, 5) is 6.44. The molecule has 2 aromatic rings. The van der Waals surface area contributed by atoms with Crippen molar-refractivity contribution in [2.24, 2.45) is 0 Å². The first kappa shape index (κ1) is 16.1. The molecule has 2 heterocycles. The van der Waals surface area contributed by atoms with Gasteiger partial charge in [0.25, 0.3) is 0 Å². The van der Waals surface area contributed by atoms with E-state index in [0.29, 0.717) is 11.5 Å². The maximum atomic E-state index is 11.7. The number of pyridine rings is 1. The van der Waals surface area contributed by atoms with Crippen molar-refractivity contribution in [3.05, 3.63) is 54.4 Å². The smallest absolute Gasteiger partial charge is 0.151 e. The zero-order valence-corrected chi connectivity index (χ0v) is 14.2. The fraction of sp³-hybridized carbons (Fsp3) is 0.389. The van der Waals surface area contributed by atoms with Crippen LogP contribution in [0.1, 0.15) is 18.9 Å². The van der Waals surface area contributed by atoms with Crippen LogP contribution in [0.4, 0.5) is 0 Å². The van der Waals surface area contributed by atoms with E-state index in [2.05, 4.69) is 41.1 Å². The summed E-state index contributed by atoms with van der Waals surface area (Å²) >= 11 is 0. The Kier molecular flexibility index (Phi) is 4.78. The fourth-order valence-electron chi connectivity index (χ4n) is 3.18. The maximum Gasteiger partial charge on any atom is 0.151 e. The van der Waals surface area contributed by atoms with Gasteiger partial charge < -0.3 is 0 Å². The standard InChI is InChI=1S/C18H22N2O2S/c1-2-20(18-8-10-23(21,22)14-18)13-15-5-3-6-16(11-15)17-7-4-9-19-12-17/h3-7,9,11-12,18H,2,8,10,13-14H2,1H3/t18-/m0/s1. The lowest BCUT2D eigenvalue weighted by atomic mass is 10.0. The van der Waals surface area contributed by atoms with Gasteiger partial charge in [0.15, 0.2) is 9.84 Å². The quantitative estimate of drug-likeness (QED) is 0.846. The first-order valence-electron chi connectivity index (χ1n) is 8.01. The van der Waals surface area contributed by atoms with Crippen molar-refractivity contribution in [1.29, 1.82) is 0 Å². The summed E-state index contributed by atoms with van der Waals surface area (Å²) in [5.74, 6) is 0.618. The summed E-state index contributed by atoms with van der Waals surface area (Å²) < 4.78 is 23.4. The number of aromatic nitrogens is 1. The Morgan fingerprint density at radius 1 is 1.22 bits per heavy atom. The molecule has 1 aliphatic heterocycles. The van der Waals surface area contributed by atoms with Gasteiger partial charge in [0.1, 0.15) is 0 Å². The first-order chi connectivity index (χ1) is 11.1. The second-order valence-corrected chi connectivity index (χ2v) is 8.29. The Labute approximate surface area is 138 Å². The third kappa shape index (κ3) is 3.98. The van der Waals surface area contributed by atoms with Gasteiger partial charge in [-0.15, -0.1) is 0 Å². The number of nitrogens with zero attached hydrogens (tertiary/aromatic N) is 2. The number of sulfone groups is 1. The highest BCUT2D eigenvalue weighted by Gasteiger charge is 2.31. The Balaban J connectivity index is 1.77. The minimum Gasteiger partial charge on any atom is -0.295 e. The third-order valence-corrected chi connectivity index (χ3v) is 6.19. The molecule has 0 amide bonds. The zero-order valence-electron chi connectivity index (χ0n) is 13.4. The molecule has 3 rings (SSSR count). The van der Waals surface area contributed by atoms with Gasteiger partial charge in [-0.3, -0.25) is 9.88 Å². The highest BCUT2D eigenvalue weighted by atomic mass is 32.2. The minimum atomic E-state index is -2.84. The van der Waals surface area contributed by atoms with Gasteiger partial charge in [-0.25, -0.2) is 8.42 Å². The number of hydrogen-bond acceptors (Lipinski definition) is 4. The lowest BCUT2D eigenvalue weighted by Gasteiger charge is -2.26. The van der Waals surface area contributed by atoms with Crippen LogP contribution in [0.25, 0.3) is 11.1 Å². The molecule has 1 aromatic carbocycles. The van der Waals surface area contributed by atoms with E-state index in [1.165, 1.54) is 5.56 Å². The maximum absolute atomic E-state index is 11.7. The van der Waals surface area contributed by atoms with Crippen molar-refractivity contribution in [2.75, 3.05) is 18.1 Å². The lowest BCUT2D eigenvalue weighted by Crippen LogP contribution is -2.35. The zero-order chi connectivity index (χ0) is 16.3. The summed E-state index contributed by atoms with van der Waals surface area (Å²) in [5, 5.41) is 0. The van der Waals surface area contributed by atoms with E-state index in [9.17, 15) is 8.42 Å². The van der Waals surface area contributed by atoms with Crippen LogP contribution in [0, 0.1) is 0 Å². The van der Waals surface area contributed by atoms with Gasteiger partial charge in [0.2, 0.25) is 0 Å². The molecule has 0 unspecified atom stereocenters. The molecule has 0 aliphatic carbocycles. The van der Waals surface area contributed by atoms with Crippen LogP contribution in [0.2, 0.25) is 0 Å². The van der Waals surface area contributed by atoms with Crippen molar-refractivity contribution in [3.8, 4) is 11.1 Å². The second-order valence-electron chi connectivity index (χ2n) is 6.06. The molecule has 0 N–H and O–H groups in total. The topological polar surface area (TPSA) is 50.3 Å². The molecule has 4 nitrogen and oxygen atoms in total. The Morgan fingerprint density at radius 3 is 2.70 bits per heavy atom. The van der Waals surface area contributed by atoms with Gasteiger partial charge in [-0.2, -0.15) is 0 Å². The van der Waals surface area contributed by atoms with Crippen molar-refractivity contribution in [3.63, 3.8) is 0 Å². The Bertz CT molecular complexity index is 760. The van der Waals surface area contributed by atoms with Crippen LogP contribution >= 0.6 is 0 Å². The minimum absolute atomic E-state index is 0.145. The summed E-state index contributed by atoms with van der Waals surface area (Å²) in [6.45, 7) is 3.73. The van der Waals surface area contributed by atoms with Crippen molar-refractivity contribution in [1.82, 2.24) is 9.88 Å². The molecular formula is C18H22N2O2S. The van der Waals surface area contributed by atoms with Crippen LogP contribution in [0.3, 0.4) is 0 Å². The molecule has 0 spiro atoms. The van der Waals surface area contributed by atoms with E-state index in [0.717, 1.165) is 30.6 Å². The van der Waals surface area contributed by atoms with Gasteiger partial charge in [-0.05, 0) is 41.8 Å². The highest BCUT2D eigenvalue weighted by molar-refractivity contribution is 7.91. The number of hydrogen-bond donors (Lipinski definition) is 0. The fourth-order valence-corrected chi connectivity index (χ4v) is 4.94. The predicted octanol–water partition coefficient (Wildman–Crippen LogP) is 2.76. The van der Waals surface area contributed by atoms with Crippen LogP contribution in [-0.4, -0.2) is 42.4 Å². The number of benzene rings is 1. The molecule has 0 saturated carbocycles. The molecule has 122 valence electrons. The van der Waals surface area contributed by atoms with Crippen LogP contribution in [0.5, 0.6) is 0 Å². The van der Waals surface area contributed by atoms with Crippen LogP contribution in [-0.2, 0) is 16.4 Å². The van der Waals surface area contributed by atoms with E-state index in [4.69, 9.17) is 0 Å². The van der Waals surface area contributed by atoms with Gasteiger partial charge in [-0.1, -0.05) is 31.2 Å². The molecule has 0 bridgehead atoms. The first-order valence-corrected chi connectivity index (χ1v) is 9.83. The van der Waals surface area contributed by atoms with Crippen molar-refractivity contribution < 1.29 is 8.42 Å². The lowest BCUT2D eigenvalue weighted by molar-refractivity contribution is 0.215. The average Bonchev–Trinajstić information content (AvgIpc) is 2.93. The van der Waals surface area contributed by atoms with Gasteiger partial charge in [0, 0.05) is 25.0 Å². The number of rotatable bonds is 5. The molecule has 1 saturated heterocycles. The molecule has 1 fully saturated rings. The molecule has 5 heteroatoms. The van der Waals surface area contributed by atoms with Crippen LogP contribution in [0.15, 0.2) is 48.8 Å². The summed E-state index contributed by atoms with van der Waals surface area (Å²) in [6, 6.07) is 12.5. The van der Waals surface area contributed by atoms with E-state index in [-0.39, 0.29) is 6.04 Å². The normalized spacial score (nSPS) is 20.0. The Morgan fingerprint density at radius 2 is 2.04 bits per heavy atom. The van der Waals surface area contributed by atoms with Crippen molar-refractivity contribution >= 4 is 9.84 Å². The summed E-state index contributed by atoms with van der Waals surface area (Å²) in [7, 11) is -2.84. The molecule has 1 aromatic heterocycles. The summed E-state index contributed by atoms with van der Waals surface area (Å²) in [6.07, 6.45) is 4.38. The summed E-state index contributed by atoms with van der Waals surface area (Å²) in [5.41, 5.74) is 3.45. The van der Waals surface area contributed by atoms with E-state index >= 15 is 0 Å². The molecule has 1 atom stereocenters. The molecular weight excluding hydrogens is 308 g/mol.